The molecule has 1 amide bonds. The van der Waals surface area contributed by atoms with Gasteiger partial charge in [0.25, 0.3) is 0 Å². The van der Waals surface area contributed by atoms with Crippen LogP contribution in [0.5, 0.6) is 0 Å². The van der Waals surface area contributed by atoms with Crippen molar-refractivity contribution in [2.24, 2.45) is 17.6 Å². The highest BCUT2D eigenvalue weighted by molar-refractivity contribution is 5.67. The summed E-state index contributed by atoms with van der Waals surface area (Å²) in [5.41, 5.74) is 6.42. The molecule has 2 aliphatic rings. The molecule has 2 aliphatic heterocycles. The Balaban J connectivity index is 0.000000261. The Morgan fingerprint density at radius 1 is 0.964 bits per heavy atom. The van der Waals surface area contributed by atoms with Gasteiger partial charge in [-0.2, -0.15) is 0 Å². The van der Waals surface area contributed by atoms with Crippen LogP contribution in [0.1, 0.15) is 44.1 Å². The Bertz CT molecular complexity index is 512. The van der Waals surface area contributed by atoms with Gasteiger partial charge in [-0.25, -0.2) is 4.79 Å². The predicted octanol–water partition coefficient (Wildman–Crippen LogP) is 3.49. The Kier molecular flexibility index (Phi) is 11.6. The van der Waals surface area contributed by atoms with Crippen molar-refractivity contribution in [1.29, 1.82) is 0 Å². The second kappa shape index (κ2) is 14.4. The first kappa shape index (κ1) is 22.7. The fourth-order valence-corrected chi connectivity index (χ4v) is 3.46. The maximum Gasteiger partial charge on any atom is 0.407 e. The van der Waals surface area contributed by atoms with Crippen LogP contribution in [0.25, 0.3) is 0 Å². The first-order valence-corrected chi connectivity index (χ1v) is 10.6. The van der Waals surface area contributed by atoms with Crippen molar-refractivity contribution in [3.8, 4) is 0 Å². The summed E-state index contributed by atoms with van der Waals surface area (Å²) in [5, 5.41) is 2.80. The van der Waals surface area contributed by atoms with Crippen molar-refractivity contribution in [1.82, 2.24) is 5.32 Å². The summed E-state index contributed by atoms with van der Waals surface area (Å²) in [6.45, 7) is 5.44. The number of carbonyl (C=O) groups is 1. The molecule has 3 N–H and O–H groups in total. The van der Waals surface area contributed by atoms with E-state index in [1.165, 1.54) is 19.3 Å². The van der Waals surface area contributed by atoms with Gasteiger partial charge in [0.15, 0.2) is 0 Å². The zero-order valence-electron chi connectivity index (χ0n) is 16.9. The van der Waals surface area contributed by atoms with Gasteiger partial charge in [0.2, 0.25) is 0 Å². The molecule has 1 aromatic rings. The molecule has 0 atom stereocenters. The number of nitrogens with one attached hydrogen (secondary N) is 1. The zero-order chi connectivity index (χ0) is 19.9. The number of nitrogens with two attached hydrogens (primary N) is 1. The number of carbonyl (C=O) groups excluding carboxylic acids is 1. The minimum Gasteiger partial charge on any atom is -0.445 e. The summed E-state index contributed by atoms with van der Waals surface area (Å²) in [6, 6.07) is 9.69. The van der Waals surface area contributed by atoms with Crippen LogP contribution < -0.4 is 11.1 Å². The molecule has 28 heavy (non-hydrogen) atoms. The summed E-state index contributed by atoms with van der Waals surface area (Å²) < 4.78 is 15.7. The van der Waals surface area contributed by atoms with Crippen LogP contribution >= 0.6 is 0 Å². The predicted molar refractivity (Wildman–Crippen MR) is 110 cm³/mol. The molecule has 0 unspecified atom stereocenters. The normalized spacial score (nSPS) is 18.0. The maximum atomic E-state index is 11.5. The number of ether oxygens (including phenoxy) is 3. The summed E-state index contributed by atoms with van der Waals surface area (Å²) in [5.74, 6) is 1.52. The Morgan fingerprint density at radius 3 is 2.11 bits per heavy atom. The lowest BCUT2D eigenvalue weighted by atomic mass is 9.97. The molecule has 3 rings (SSSR count). The molecule has 6 nitrogen and oxygen atoms in total. The summed E-state index contributed by atoms with van der Waals surface area (Å²) in [7, 11) is 0. The van der Waals surface area contributed by atoms with Crippen molar-refractivity contribution >= 4 is 6.09 Å². The summed E-state index contributed by atoms with van der Waals surface area (Å²) in [4.78, 5) is 11.5. The molecular weight excluding hydrogens is 356 g/mol. The van der Waals surface area contributed by atoms with Gasteiger partial charge in [-0.1, -0.05) is 30.3 Å². The summed E-state index contributed by atoms with van der Waals surface area (Å²) >= 11 is 0. The molecule has 0 bridgehead atoms. The first-order valence-electron chi connectivity index (χ1n) is 10.6. The highest BCUT2D eigenvalue weighted by Crippen LogP contribution is 2.18. The van der Waals surface area contributed by atoms with Gasteiger partial charge in [-0.15, -0.1) is 0 Å². The van der Waals surface area contributed by atoms with E-state index in [0.717, 1.165) is 63.7 Å². The van der Waals surface area contributed by atoms with Gasteiger partial charge in [0.05, 0.1) is 0 Å². The number of benzene rings is 1. The fourth-order valence-electron chi connectivity index (χ4n) is 3.46. The van der Waals surface area contributed by atoms with Gasteiger partial charge in [-0.05, 0) is 62.5 Å². The molecule has 0 spiro atoms. The third kappa shape index (κ3) is 10.1. The van der Waals surface area contributed by atoms with Crippen molar-refractivity contribution in [2.45, 2.75) is 45.1 Å². The Hall–Kier alpha value is -1.63. The summed E-state index contributed by atoms with van der Waals surface area (Å²) in [6.07, 6.45) is 6.49. The minimum absolute atomic E-state index is 0.323. The second-order valence-electron chi connectivity index (χ2n) is 7.47. The van der Waals surface area contributed by atoms with E-state index in [2.05, 4.69) is 5.32 Å². The molecule has 1 aromatic carbocycles. The van der Waals surface area contributed by atoms with Crippen molar-refractivity contribution < 1.29 is 19.0 Å². The van der Waals surface area contributed by atoms with Gasteiger partial charge in [0, 0.05) is 33.0 Å². The molecule has 2 fully saturated rings. The maximum absolute atomic E-state index is 11.5. The van der Waals surface area contributed by atoms with Crippen LogP contribution in [-0.4, -0.2) is 45.6 Å². The Morgan fingerprint density at radius 2 is 1.54 bits per heavy atom. The standard InChI is InChI=1S/C15H21NO3.C7H15NO/c17-15(19-12-14-4-2-1-3-5-14)16-9-6-13-7-10-18-11-8-13;8-4-1-7-2-5-9-6-3-7/h1-5,13H,6-12H2,(H,16,17);7H,1-6,8H2. The molecule has 158 valence electrons. The SMILES string of the molecule is NCCC1CCOCC1.O=C(NCCC1CCOCC1)OCc1ccccc1. The van der Waals surface area contributed by atoms with E-state index >= 15 is 0 Å². The van der Waals surface area contributed by atoms with E-state index in [-0.39, 0.29) is 6.09 Å². The molecule has 0 aromatic heterocycles. The van der Waals surface area contributed by atoms with E-state index < -0.39 is 0 Å². The number of amides is 1. The van der Waals surface area contributed by atoms with Crippen LogP contribution in [0.15, 0.2) is 30.3 Å². The molecule has 0 aliphatic carbocycles. The van der Waals surface area contributed by atoms with E-state index in [1.807, 2.05) is 30.3 Å². The Labute approximate surface area is 169 Å². The van der Waals surface area contributed by atoms with Gasteiger partial charge >= 0.3 is 6.09 Å². The van der Waals surface area contributed by atoms with E-state index in [0.29, 0.717) is 19.1 Å². The largest absolute Gasteiger partial charge is 0.445 e. The van der Waals surface area contributed by atoms with E-state index in [4.69, 9.17) is 19.9 Å². The number of hydrogen-bond acceptors (Lipinski definition) is 5. The third-order valence-electron chi connectivity index (χ3n) is 5.29. The van der Waals surface area contributed by atoms with Crippen LogP contribution in [0.3, 0.4) is 0 Å². The lowest BCUT2D eigenvalue weighted by Crippen LogP contribution is -2.28. The zero-order valence-corrected chi connectivity index (χ0v) is 16.9. The van der Waals surface area contributed by atoms with Gasteiger partial charge in [0.1, 0.15) is 6.61 Å². The van der Waals surface area contributed by atoms with Crippen molar-refractivity contribution in [3.63, 3.8) is 0 Å². The monoisotopic (exact) mass is 392 g/mol. The van der Waals surface area contributed by atoms with Crippen LogP contribution in [0, 0.1) is 11.8 Å². The van der Waals surface area contributed by atoms with Crippen LogP contribution in [0.2, 0.25) is 0 Å². The van der Waals surface area contributed by atoms with Crippen LogP contribution in [-0.2, 0) is 20.8 Å². The molecule has 0 saturated carbocycles. The van der Waals surface area contributed by atoms with Gasteiger partial charge < -0.3 is 25.3 Å². The van der Waals surface area contributed by atoms with E-state index in [1.54, 1.807) is 0 Å². The minimum atomic E-state index is -0.337. The highest BCUT2D eigenvalue weighted by Gasteiger charge is 2.14. The number of rotatable bonds is 7. The lowest BCUT2D eigenvalue weighted by Gasteiger charge is -2.21. The highest BCUT2D eigenvalue weighted by atomic mass is 16.5. The molecule has 2 heterocycles. The smallest absolute Gasteiger partial charge is 0.407 e. The van der Waals surface area contributed by atoms with Crippen molar-refractivity contribution in [2.75, 3.05) is 39.5 Å². The molecule has 0 radical (unpaired) electrons. The average molecular weight is 393 g/mol. The number of alkyl carbamates (subject to hydrolysis) is 1. The fraction of sp³-hybridized carbons (Fsp3) is 0.682. The lowest BCUT2D eigenvalue weighted by molar-refractivity contribution is 0.0637. The first-order chi connectivity index (χ1) is 13.8. The van der Waals surface area contributed by atoms with Crippen LogP contribution in [0.4, 0.5) is 4.79 Å². The second-order valence-corrected chi connectivity index (χ2v) is 7.47. The van der Waals surface area contributed by atoms with Crippen molar-refractivity contribution in [3.05, 3.63) is 35.9 Å². The van der Waals surface area contributed by atoms with Gasteiger partial charge in [-0.3, -0.25) is 0 Å². The topological polar surface area (TPSA) is 82.8 Å². The molecular formula is C22H36N2O4. The molecule has 6 heteroatoms. The quantitative estimate of drug-likeness (QED) is 0.742. The molecule has 2 saturated heterocycles. The average Bonchev–Trinajstić information content (AvgIpc) is 2.75. The number of hydrogen-bond donors (Lipinski definition) is 2. The third-order valence-corrected chi connectivity index (χ3v) is 5.29. The van der Waals surface area contributed by atoms with E-state index in [9.17, 15) is 4.79 Å².